The Morgan fingerprint density at radius 3 is 2.37 bits per heavy atom. The summed E-state index contributed by atoms with van der Waals surface area (Å²) in [7, 11) is 1.61. The Balaban J connectivity index is 1.35. The van der Waals surface area contributed by atoms with E-state index in [1.807, 2.05) is 42.5 Å². The molecule has 8 heteroatoms. The number of nitrogens with one attached hydrogen (secondary N) is 2. The Bertz CT molecular complexity index is 1450. The van der Waals surface area contributed by atoms with Gasteiger partial charge < -0.3 is 20.5 Å². The van der Waals surface area contributed by atoms with Crippen molar-refractivity contribution in [3.63, 3.8) is 0 Å². The minimum atomic E-state index is -0.339. The lowest BCUT2D eigenvalue weighted by Gasteiger charge is -2.09. The first-order valence-electron chi connectivity index (χ1n) is 12.7. The monoisotopic (exact) mass is 510 g/mol. The van der Waals surface area contributed by atoms with Crippen LogP contribution in [-0.4, -0.2) is 33.9 Å². The van der Waals surface area contributed by atoms with E-state index in [1.54, 1.807) is 31.4 Å². The second kappa shape index (κ2) is 10.8. The van der Waals surface area contributed by atoms with Gasteiger partial charge in [-0.2, -0.15) is 9.78 Å². The quantitative estimate of drug-likeness (QED) is 0.263. The van der Waals surface area contributed by atoms with Crippen LogP contribution in [0, 0.1) is 0 Å². The van der Waals surface area contributed by atoms with Gasteiger partial charge in [0.2, 0.25) is 0 Å². The number of hydrogen-bond acceptors (Lipinski definition) is 5. The number of hydrogen-bond donors (Lipinski definition) is 3. The predicted octanol–water partition coefficient (Wildman–Crippen LogP) is 5.71. The highest BCUT2D eigenvalue weighted by Crippen LogP contribution is 2.42. The Morgan fingerprint density at radius 1 is 1.00 bits per heavy atom. The van der Waals surface area contributed by atoms with E-state index in [0.717, 1.165) is 41.8 Å². The Hall–Kier alpha value is -4.59. The molecule has 38 heavy (non-hydrogen) atoms. The standard InChI is InChI=1S/C30H30N4O4/c1-3-19-4-8-22(9-5-19)29(36)32-23-12-15-28(35)25(16-23)26-17-27(21-10-11-21)34(33-26)30(37)31-18-20-6-13-24(38-2)14-7-20/h4-9,12-17,21,35H,3,10-11,18H2,1-2H3,(H,31,37)(H,32,36). The molecule has 8 nitrogen and oxygen atoms in total. The molecule has 1 aromatic heterocycles. The largest absolute Gasteiger partial charge is 0.507 e. The molecule has 1 aliphatic rings. The highest BCUT2D eigenvalue weighted by molar-refractivity contribution is 6.04. The number of rotatable bonds is 8. The van der Waals surface area contributed by atoms with Crippen LogP contribution in [0.25, 0.3) is 11.3 Å². The molecule has 1 heterocycles. The number of amides is 2. The smallest absolute Gasteiger partial charge is 0.342 e. The van der Waals surface area contributed by atoms with E-state index in [4.69, 9.17) is 4.74 Å². The predicted molar refractivity (Wildman–Crippen MR) is 146 cm³/mol. The van der Waals surface area contributed by atoms with Crippen LogP contribution < -0.4 is 15.4 Å². The number of phenolic OH excluding ortho intramolecular Hbond substituents is 1. The number of aromatic nitrogens is 2. The fraction of sp³-hybridized carbons (Fsp3) is 0.233. The zero-order chi connectivity index (χ0) is 26.6. The second-order valence-corrected chi connectivity index (χ2v) is 9.38. The van der Waals surface area contributed by atoms with Crippen LogP contribution in [0.2, 0.25) is 0 Å². The zero-order valence-corrected chi connectivity index (χ0v) is 21.4. The number of ether oxygens (including phenoxy) is 1. The van der Waals surface area contributed by atoms with Crippen LogP contribution in [-0.2, 0) is 13.0 Å². The van der Waals surface area contributed by atoms with Crippen molar-refractivity contribution in [3.05, 3.63) is 95.2 Å². The number of methoxy groups -OCH3 is 1. The minimum absolute atomic E-state index is 0.0148. The number of carbonyl (C=O) groups is 2. The lowest BCUT2D eigenvalue weighted by atomic mass is 10.1. The SMILES string of the molecule is CCc1ccc(C(=O)Nc2ccc(O)c(-c3cc(C4CC4)n(C(=O)NCc4ccc(OC)cc4)n3)c2)cc1. The Morgan fingerprint density at radius 2 is 1.71 bits per heavy atom. The van der Waals surface area contributed by atoms with Gasteiger partial charge in [0, 0.05) is 29.3 Å². The molecule has 0 atom stereocenters. The molecule has 1 aliphatic carbocycles. The third kappa shape index (κ3) is 5.54. The highest BCUT2D eigenvalue weighted by atomic mass is 16.5. The molecular formula is C30H30N4O4. The maximum absolute atomic E-state index is 13.1. The van der Waals surface area contributed by atoms with Gasteiger partial charge in [0.15, 0.2) is 0 Å². The molecule has 1 fully saturated rings. The molecule has 0 spiro atoms. The van der Waals surface area contributed by atoms with Gasteiger partial charge in [-0.1, -0.05) is 31.2 Å². The van der Waals surface area contributed by atoms with Gasteiger partial charge >= 0.3 is 6.03 Å². The van der Waals surface area contributed by atoms with Gasteiger partial charge in [-0.15, -0.1) is 0 Å². The lowest BCUT2D eigenvalue weighted by molar-refractivity contribution is 0.102. The summed E-state index contributed by atoms with van der Waals surface area (Å²) in [5, 5.41) is 21.0. The molecular weight excluding hydrogens is 480 g/mol. The van der Waals surface area contributed by atoms with Crippen molar-refractivity contribution >= 4 is 17.6 Å². The van der Waals surface area contributed by atoms with E-state index in [-0.39, 0.29) is 23.6 Å². The molecule has 0 aliphatic heterocycles. The first-order chi connectivity index (χ1) is 18.4. The third-order valence-electron chi connectivity index (χ3n) is 6.68. The Labute approximate surface area is 221 Å². The summed E-state index contributed by atoms with van der Waals surface area (Å²) in [6, 6.07) is 21.3. The van der Waals surface area contributed by atoms with Crippen LogP contribution in [0.15, 0.2) is 72.8 Å². The summed E-state index contributed by atoms with van der Waals surface area (Å²) in [5.74, 6) is 0.770. The minimum Gasteiger partial charge on any atom is -0.507 e. The third-order valence-corrected chi connectivity index (χ3v) is 6.68. The topological polar surface area (TPSA) is 105 Å². The molecule has 5 rings (SSSR count). The van der Waals surface area contributed by atoms with Gasteiger partial charge in [0.1, 0.15) is 11.5 Å². The number of aryl methyl sites for hydroxylation is 1. The number of aromatic hydroxyl groups is 1. The van der Waals surface area contributed by atoms with Crippen molar-refractivity contribution in [3.8, 4) is 22.8 Å². The fourth-order valence-corrected chi connectivity index (χ4v) is 4.27. The number of carbonyl (C=O) groups excluding carboxylic acids is 2. The second-order valence-electron chi connectivity index (χ2n) is 9.38. The average molecular weight is 511 g/mol. The summed E-state index contributed by atoms with van der Waals surface area (Å²) in [5.41, 5.74) is 4.87. The van der Waals surface area contributed by atoms with Crippen LogP contribution in [0.1, 0.15) is 52.9 Å². The Kier molecular flexibility index (Phi) is 7.13. The van der Waals surface area contributed by atoms with E-state index >= 15 is 0 Å². The number of nitrogens with zero attached hydrogens (tertiary/aromatic N) is 2. The van der Waals surface area contributed by atoms with Gasteiger partial charge in [0.25, 0.3) is 5.91 Å². The summed E-state index contributed by atoms with van der Waals surface area (Å²) in [6.07, 6.45) is 2.86. The maximum Gasteiger partial charge on any atom is 0.342 e. The van der Waals surface area contributed by atoms with Crippen molar-refractivity contribution < 1.29 is 19.4 Å². The lowest BCUT2D eigenvalue weighted by Crippen LogP contribution is -2.30. The number of benzene rings is 3. The van der Waals surface area contributed by atoms with Crippen LogP contribution in [0.5, 0.6) is 11.5 Å². The highest BCUT2D eigenvalue weighted by Gasteiger charge is 2.31. The number of phenols is 1. The normalized spacial score (nSPS) is 12.7. The van der Waals surface area contributed by atoms with E-state index in [0.29, 0.717) is 29.1 Å². The van der Waals surface area contributed by atoms with Gasteiger partial charge in [-0.25, -0.2) is 4.79 Å². The molecule has 0 unspecified atom stereocenters. The molecule has 0 bridgehead atoms. The molecule has 1 saturated carbocycles. The molecule has 3 N–H and O–H groups in total. The van der Waals surface area contributed by atoms with Gasteiger partial charge in [-0.3, -0.25) is 4.79 Å². The van der Waals surface area contributed by atoms with Crippen molar-refractivity contribution in [2.75, 3.05) is 12.4 Å². The van der Waals surface area contributed by atoms with Crippen molar-refractivity contribution in [2.45, 2.75) is 38.6 Å². The first-order valence-corrected chi connectivity index (χ1v) is 12.7. The summed E-state index contributed by atoms with van der Waals surface area (Å²) < 4.78 is 6.57. The van der Waals surface area contributed by atoms with Crippen LogP contribution in [0.3, 0.4) is 0 Å². The summed E-state index contributed by atoms with van der Waals surface area (Å²) >= 11 is 0. The molecule has 0 saturated heterocycles. The van der Waals surface area contributed by atoms with Crippen molar-refractivity contribution in [1.82, 2.24) is 15.1 Å². The molecule has 4 aromatic rings. The fourth-order valence-electron chi connectivity index (χ4n) is 4.27. The average Bonchev–Trinajstić information content (AvgIpc) is 3.71. The molecule has 3 aromatic carbocycles. The number of anilines is 1. The summed E-state index contributed by atoms with van der Waals surface area (Å²) in [4.78, 5) is 25.8. The zero-order valence-electron chi connectivity index (χ0n) is 21.4. The van der Waals surface area contributed by atoms with Gasteiger partial charge in [0.05, 0.1) is 18.5 Å². The van der Waals surface area contributed by atoms with E-state index in [1.165, 1.54) is 10.7 Å². The van der Waals surface area contributed by atoms with Crippen molar-refractivity contribution in [1.29, 1.82) is 0 Å². The summed E-state index contributed by atoms with van der Waals surface area (Å²) in [6.45, 7) is 2.40. The maximum atomic E-state index is 13.1. The van der Waals surface area contributed by atoms with E-state index < -0.39 is 0 Å². The van der Waals surface area contributed by atoms with E-state index in [2.05, 4.69) is 22.7 Å². The molecule has 194 valence electrons. The van der Waals surface area contributed by atoms with E-state index in [9.17, 15) is 14.7 Å². The van der Waals surface area contributed by atoms with Crippen molar-refractivity contribution in [2.24, 2.45) is 0 Å². The van der Waals surface area contributed by atoms with Gasteiger partial charge in [-0.05, 0) is 78.9 Å². The van der Waals surface area contributed by atoms with Crippen LogP contribution in [0.4, 0.5) is 10.5 Å². The molecule has 0 radical (unpaired) electrons. The molecule has 2 amide bonds. The van der Waals surface area contributed by atoms with Crippen LogP contribution >= 0.6 is 0 Å². The first kappa shape index (κ1) is 25.1.